The van der Waals surface area contributed by atoms with Gasteiger partial charge in [0.15, 0.2) is 0 Å². The van der Waals surface area contributed by atoms with E-state index in [0.29, 0.717) is 5.41 Å². The molecular weight excluding hydrogens is 212 g/mol. The Kier molecular flexibility index (Phi) is 4.79. The molecule has 0 bridgehead atoms. The highest BCUT2D eigenvalue weighted by Gasteiger charge is 2.36. The Morgan fingerprint density at radius 3 is 2.24 bits per heavy atom. The Morgan fingerprint density at radius 1 is 1.29 bits per heavy atom. The van der Waals surface area contributed by atoms with Crippen LogP contribution in [0.25, 0.3) is 0 Å². The lowest BCUT2D eigenvalue weighted by Gasteiger charge is -2.41. The van der Waals surface area contributed by atoms with E-state index in [1.54, 1.807) is 0 Å². The summed E-state index contributed by atoms with van der Waals surface area (Å²) in [6.07, 6.45) is 5.52. The summed E-state index contributed by atoms with van der Waals surface area (Å²) in [5, 5.41) is 19.4. The zero-order chi connectivity index (χ0) is 13.1. The predicted octanol–water partition coefficient (Wildman–Crippen LogP) is 3.28. The highest BCUT2D eigenvalue weighted by atomic mass is 16.3. The second kappa shape index (κ2) is 5.53. The van der Waals surface area contributed by atoms with Crippen LogP contribution in [0, 0.1) is 11.3 Å². The van der Waals surface area contributed by atoms with Crippen molar-refractivity contribution in [3.63, 3.8) is 0 Å². The molecule has 0 aromatic heterocycles. The third-order valence-electron chi connectivity index (χ3n) is 4.31. The molecule has 2 N–H and O–H groups in total. The zero-order valence-electron chi connectivity index (χ0n) is 11.6. The monoisotopic (exact) mass is 240 g/mol. The Morgan fingerprint density at radius 2 is 1.82 bits per heavy atom. The van der Waals surface area contributed by atoms with E-state index in [-0.39, 0.29) is 6.61 Å². The molecule has 1 aliphatic carbocycles. The summed E-state index contributed by atoms with van der Waals surface area (Å²) in [5.74, 6) is 0.726. The maximum absolute atomic E-state index is 10.5. The Hall–Kier alpha value is -0.340. The minimum atomic E-state index is -0.514. The van der Waals surface area contributed by atoms with Crippen LogP contribution in [0.15, 0.2) is 12.2 Å². The van der Waals surface area contributed by atoms with Crippen molar-refractivity contribution in [1.29, 1.82) is 0 Å². The Balaban J connectivity index is 2.41. The fraction of sp³-hybridized carbons (Fsp3) is 0.867. The van der Waals surface area contributed by atoms with Crippen LogP contribution in [0.2, 0.25) is 0 Å². The molecule has 0 atom stereocenters. The van der Waals surface area contributed by atoms with Crippen molar-refractivity contribution in [3.05, 3.63) is 12.2 Å². The molecule has 1 saturated carbocycles. The highest BCUT2D eigenvalue weighted by molar-refractivity contribution is 4.97. The first-order valence-electron chi connectivity index (χ1n) is 6.77. The summed E-state index contributed by atoms with van der Waals surface area (Å²) in [6, 6.07) is 0. The number of rotatable bonds is 4. The number of aliphatic hydroxyl groups excluding tert-OH is 1. The maximum atomic E-state index is 10.5. The first kappa shape index (κ1) is 14.7. The average Bonchev–Trinajstić information content (AvgIpc) is 2.25. The lowest BCUT2D eigenvalue weighted by Crippen LogP contribution is -2.37. The molecule has 0 aliphatic heterocycles. The minimum Gasteiger partial charge on any atom is -0.392 e. The molecular formula is C15H28O2. The first-order valence-corrected chi connectivity index (χ1v) is 6.77. The SMILES string of the molecule is C=C(CO)CCC1(O)CCC(C(C)(C)C)CC1. The van der Waals surface area contributed by atoms with Gasteiger partial charge in [0.25, 0.3) is 0 Å². The van der Waals surface area contributed by atoms with Crippen LogP contribution in [0.5, 0.6) is 0 Å². The lowest BCUT2D eigenvalue weighted by molar-refractivity contribution is -0.0312. The fourth-order valence-electron chi connectivity index (χ4n) is 2.76. The molecule has 0 unspecified atom stereocenters. The lowest BCUT2D eigenvalue weighted by atomic mass is 9.67. The van der Waals surface area contributed by atoms with Gasteiger partial charge in [-0.15, -0.1) is 0 Å². The maximum Gasteiger partial charge on any atom is 0.0651 e. The van der Waals surface area contributed by atoms with Crippen LogP contribution in [0.3, 0.4) is 0 Å². The molecule has 2 nitrogen and oxygen atoms in total. The highest BCUT2D eigenvalue weighted by Crippen LogP contribution is 2.43. The van der Waals surface area contributed by atoms with Crippen molar-refractivity contribution >= 4 is 0 Å². The molecule has 0 heterocycles. The van der Waals surface area contributed by atoms with Crippen molar-refractivity contribution < 1.29 is 10.2 Å². The van der Waals surface area contributed by atoms with Gasteiger partial charge in [-0.05, 0) is 49.9 Å². The fourth-order valence-corrected chi connectivity index (χ4v) is 2.76. The quantitative estimate of drug-likeness (QED) is 0.740. The second-order valence-corrected chi connectivity index (χ2v) is 6.77. The summed E-state index contributed by atoms with van der Waals surface area (Å²) >= 11 is 0. The molecule has 0 spiro atoms. The molecule has 100 valence electrons. The van der Waals surface area contributed by atoms with Crippen molar-refractivity contribution in [1.82, 2.24) is 0 Å². The average molecular weight is 240 g/mol. The van der Waals surface area contributed by atoms with Crippen LogP contribution >= 0.6 is 0 Å². The van der Waals surface area contributed by atoms with Gasteiger partial charge in [0.2, 0.25) is 0 Å². The molecule has 2 heteroatoms. The third kappa shape index (κ3) is 4.44. The summed E-state index contributed by atoms with van der Waals surface area (Å²) < 4.78 is 0. The predicted molar refractivity (Wildman–Crippen MR) is 71.8 cm³/mol. The topological polar surface area (TPSA) is 40.5 Å². The molecule has 1 aliphatic rings. The van der Waals surface area contributed by atoms with Crippen molar-refractivity contribution in [2.75, 3.05) is 6.61 Å². The molecule has 1 rings (SSSR count). The first-order chi connectivity index (χ1) is 7.77. The molecule has 0 aromatic carbocycles. The summed E-state index contributed by atoms with van der Waals surface area (Å²) in [5.41, 5.74) is 0.673. The summed E-state index contributed by atoms with van der Waals surface area (Å²) in [4.78, 5) is 0. The third-order valence-corrected chi connectivity index (χ3v) is 4.31. The van der Waals surface area contributed by atoms with Gasteiger partial charge in [-0.2, -0.15) is 0 Å². The van der Waals surface area contributed by atoms with E-state index in [2.05, 4.69) is 27.4 Å². The minimum absolute atomic E-state index is 0.0424. The molecule has 0 amide bonds. The van der Waals surface area contributed by atoms with Gasteiger partial charge >= 0.3 is 0 Å². The Bertz CT molecular complexity index is 255. The van der Waals surface area contributed by atoms with Gasteiger partial charge in [0.05, 0.1) is 12.2 Å². The van der Waals surface area contributed by atoms with Crippen molar-refractivity contribution in [2.45, 2.75) is 64.9 Å². The van der Waals surface area contributed by atoms with E-state index in [4.69, 9.17) is 5.11 Å². The molecule has 0 aromatic rings. The Labute approximate surface area is 106 Å². The van der Waals surface area contributed by atoms with E-state index in [0.717, 1.165) is 50.0 Å². The normalized spacial score (nSPS) is 30.3. The van der Waals surface area contributed by atoms with E-state index in [1.807, 2.05) is 0 Å². The van der Waals surface area contributed by atoms with E-state index in [1.165, 1.54) is 0 Å². The van der Waals surface area contributed by atoms with Gasteiger partial charge in [-0.3, -0.25) is 0 Å². The van der Waals surface area contributed by atoms with Gasteiger partial charge in [-0.25, -0.2) is 0 Å². The molecule has 0 radical (unpaired) electrons. The van der Waals surface area contributed by atoms with Crippen molar-refractivity contribution in [3.8, 4) is 0 Å². The van der Waals surface area contributed by atoms with Crippen molar-refractivity contribution in [2.24, 2.45) is 11.3 Å². The second-order valence-electron chi connectivity index (χ2n) is 6.77. The molecule has 0 saturated heterocycles. The smallest absolute Gasteiger partial charge is 0.0651 e. The van der Waals surface area contributed by atoms with Crippen LogP contribution in [-0.4, -0.2) is 22.4 Å². The van der Waals surface area contributed by atoms with Gasteiger partial charge in [0.1, 0.15) is 0 Å². The molecule has 17 heavy (non-hydrogen) atoms. The number of aliphatic hydroxyl groups is 2. The molecule has 1 fully saturated rings. The number of hydrogen-bond acceptors (Lipinski definition) is 2. The van der Waals surface area contributed by atoms with Crippen LogP contribution in [0.1, 0.15) is 59.3 Å². The van der Waals surface area contributed by atoms with Gasteiger partial charge < -0.3 is 10.2 Å². The standard InChI is InChI=1S/C15H28O2/c1-12(11-16)5-8-15(17)9-6-13(7-10-15)14(2,3)4/h13,16-17H,1,5-11H2,2-4H3. The van der Waals surface area contributed by atoms with E-state index >= 15 is 0 Å². The van der Waals surface area contributed by atoms with Gasteiger partial charge in [0, 0.05) is 0 Å². The summed E-state index contributed by atoms with van der Waals surface area (Å²) in [6.45, 7) is 10.7. The van der Waals surface area contributed by atoms with Crippen LogP contribution in [-0.2, 0) is 0 Å². The zero-order valence-corrected chi connectivity index (χ0v) is 11.6. The van der Waals surface area contributed by atoms with Crippen LogP contribution in [0.4, 0.5) is 0 Å². The van der Waals surface area contributed by atoms with Gasteiger partial charge in [-0.1, -0.05) is 32.9 Å². The summed E-state index contributed by atoms with van der Waals surface area (Å²) in [7, 11) is 0. The van der Waals surface area contributed by atoms with Crippen LogP contribution < -0.4 is 0 Å². The van der Waals surface area contributed by atoms with E-state index < -0.39 is 5.60 Å². The number of hydrogen-bond donors (Lipinski definition) is 2. The largest absolute Gasteiger partial charge is 0.392 e. The van der Waals surface area contributed by atoms with E-state index in [9.17, 15) is 5.11 Å².